The smallest absolute Gasteiger partial charge is 0.228 e. The van der Waals surface area contributed by atoms with E-state index < -0.39 is 21.2 Å². The Morgan fingerprint density at radius 3 is 2.41 bits per heavy atom. The predicted molar refractivity (Wildman–Crippen MR) is 110 cm³/mol. The molecule has 0 radical (unpaired) electrons. The van der Waals surface area contributed by atoms with Crippen molar-refractivity contribution in [3.63, 3.8) is 0 Å². The van der Waals surface area contributed by atoms with Crippen LogP contribution in [-0.4, -0.2) is 63.3 Å². The van der Waals surface area contributed by atoms with Crippen LogP contribution >= 0.6 is 0 Å². The van der Waals surface area contributed by atoms with Gasteiger partial charge in [-0.3, -0.25) is 15.6 Å². The summed E-state index contributed by atoms with van der Waals surface area (Å²) >= 11 is 0. The van der Waals surface area contributed by atoms with Gasteiger partial charge in [-0.1, -0.05) is 0 Å². The second kappa shape index (κ2) is 8.86. The molecule has 3 atom stereocenters. The van der Waals surface area contributed by atoms with Gasteiger partial charge in [0.1, 0.15) is 5.25 Å². The van der Waals surface area contributed by atoms with Crippen molar-refractivity contribution in [2.45, 2.75) is 44.0 Å². The third kappa shape index (κ3) is 4.50. The lowest BCUT2D eigenvalue weighted by atomic mass is 9.98. The van der Waals surface area contributed by atoms with E-state index in [2.05, 4.69) is 16.2 Å². The molecule has 1 aromatic carbocycles. The van der Waals surface area contributed by atoms with Crippen LogP contribution in [0.5, 0.6) is 11.5 Å². The lowest BCUT2D eigenvalue weighted by Gasteiger charge is -2.34. The zero-order chi connectivity index (χ0) is 21.2. The van der Waals surface area contributed by atoms with Gasteiger partial charge in [0.2, 0.25) is 15.9 Å². The van der Waals surface area contributed by atoms with Crippen molar-refractivity contribution in [3.05, 3.63) is 18.2 Å². The van der Waals surface area contributed by atoms with Gasteiger partial charge >= 0.3 is 0 Å². The molecule has 2 heterocycles. The number of sulfonamides is 1. The molecule has 29 heavy (non-hydrogen) atoms. The second-order valence-corrected chi connectivity index (χ2v) is 9.72. The van der Waals surface area contributed by atoms with Crippen molar-refractivity contribution >= 4 is 21.6 Å². The van der Waals surface area contributed by atoms with Gasteiger partial charge in [-0.25, -0.2) is 12.7 Å². The molecule has 9 nitrogen and oxygen atoms in total. The molecule has 2 aliphatic heterocycles. The molecule has 0 spiro atoms. The number of rotatable bonds is 6. The molecule has 3 unspecified atom stereocenters. The van der Waals surface area contributed by atoms with E-state index in [1.807, 2.05) is 13.8 Å². The average molecular weight is 427 g/mol. The highest BCUT2D eigenvalue weighted by Crippen LogP contribution is 2.31. The fourth-order valence-electron chi connectivity index (χ4n) is 4.09. The van der Waals surface area contributed by atoms with E-state index in [1.165, 1.54) is 11.4 Å². The van der Waals surface area contributed by atoms with Gasteiger partial charge in [0.25, 0.3) is 0 Å². The molecule has 3 N–H and O–H groups in total. The number of ether oxygens (including phenoxy) is 2. The number of hydrogen-bond acceptors (Lipinski definition) is 7. The Balaban J connectivity index is 1.70. The number of nitrogens with zero attached hydrogens (tertiary/aromatic N) is 1. The summed E-state index contributed by atoms with van der Waals surface area (Å²) in [6, 6.07) is 4.74. The minimum absolute atomic E-state index is 0.192. The lowest BCUT2D eigenvalue weighted by molar-refractivity contribution is -0.120. The molecule has 0 saturated carbocycles. The van der Waals surface area contributed by atoms with Gasteiger partial charge in [-0.2, -0.15) is 0 Å². The van der Waals surface area contributed by atoms with Crippen molar-refractivity contribution in [3.8, 4) is 11.5 Å². The number of hydrazine groups is 1. The van der Waals surface area contributed by atoms with E-state index in [9.17, 15) is 13.2 Å². The predicted octanol–water partition coefficient (Wildman–Crippen LogP) is 0.938. The van der Waals surface area contributed by atoms with Crippen molar-refractivity contribution in [2.24, 2.45) is 5.92 Å². The molecule has 1 aromatic rings. The lowest BCUT2D eigenvalue weighted by Crippen LogP contribution is -2.51. The molecule has 2 aliphatic rings. The van der Waals surface area contributed by atoms with Gasteiger partial charge in [0.15, 0.2) is 11.5 Å². The summed E-state index contributed by atoms with van der Waals surface area (Å²) in [5, 5.41) is 2.32. The first-order valence-corrected chi connectivity index (χ1v) is 11.3. The largest absolute Gasteiger partial charge is 0.493 e. The number of nitrogens with one attached hydrogen (secondary N) is 3. The van der Waals surface area contributed by atoms with E-state index >= 15 is 0 Å². The van der Waals surface area contributed by atoms with Crippen LogP contribution in [0.25, 0.3) is 0 Å². The molecule has 0 aliphatic carbocycles. The topological polar surface area (TPSA) is 109 Å². The first-order valence-electron chi connectivity index (χ1n) is 9.80. The average Bonchev–Trinajstić information content (AvgIpc) is 3.06. The number of carbonyl (C=O) groups is 1. The highest BCUT2D eigenvalue weighted by molar-refractivity contribution is 7.89. The van der Waals surface area contributed by atoms with E-state index in [-0.39, 0.29) is 24.5 Å². The van der Waals surface area contributed by atoms with Crippen molar-refractivity contribution in [1.29, 1.82) is 0 Å². The number of carbonyl (C=O) groups excluding carboxylic acids is 1. The summed E-state index contributed by atoms with van der Waals surface area (Å²) in [4.78, 5) is 12.8. The minimum Gasteiger partial charge on any atom is -0.493 e. The Bertz CT molecular complexity index is 837. The van der Waals surface area contributed by atoms with E-state index in [0.29, 0.717) is 36.6 Å². The van der Waals surface area contributed by atoms with Gasteiger partial charge in [0.05, 0.1) is 20.1 Å². The summed E-state index contributed by atoms with van der Waals surface area (Å²) in [6.07, 6.45) is 1.30. The van der Waals surface area contributed by atoms with Crippen LogP contribution < -0.4 is 25.6 Å². The van der Waals surface area contributed by atoms with E-state index in [1.54, 1.807) is 25.3 Å². The summed E-state index contributed by atoms with van der Waals surface area (Å²) in [6.45, 7) is 4.34. The molecule has 10 heteroatoms. The molecule has 0 bridgehead atoms. The maximum absolute atomic E-state index is 13.2. The molecule has 162 valence electrons. The Morgan fingerprint density at radius 2 is 1.79 bits per heavy atom. The third-order valence-corrected chi connectivity index (χ3v) is 8.19. The number of methoxy groups -OCH3 is 2. The molecule has 2 fully saturated rings. The van der Waals surface area contributed by atoms with Crippen molar-refractivity contribution < 1.29 is 22.7 Å². The summed E-state index contributed by atoms with van der Waals surface area (Å²) in [5.74, 6) is 0.491. The van der Waals surface area contributed by atoms with Crippen LogP contribution in [0.15, 0.2) is 18.2 Å². The molecule has 1 amide bonds. The fraction of sp³-hybridized carbons (Fsp3) is 0.632. The van der Waals surface area contributed by atoms with Crippen LogP contribution in [0.2, 0.25) is 0 Å². The first kappa shape index (κ1) is 21.8. The second-order valence-electron chi connectivity index (χ2n) is 7.63. The summed E-state index contributed by atoms with van der Waals surface area (Å²) in [7, 11) is -0.452. The monoisotopic (exact) mass is 426 g/mol. The van der Waals surface area contributed by atoms with Crippen molar-refractivity contribution in [1.82, 2.24) is 15.2 Å². The molecular formula is C19H30N4O5S. The van der Waals surface area contributed by atoms with Gasteiger partial charge in [-0.05, 0) is 38.8 Å². The molecule has 3 rings (SSSR count). The van der Waals surface area contributed by atoms with E-state index in [0.717, 1.165) is 0 Å². The number of piperidine rings is 1. The Morgan fingerprint density at radius 1 is 1.14 bits per heavy atom. The standard InChI is InChI=1S/C19H30N4O5S/c1-12-18(13(2)22-21-12)29(25,26)23-9-5-6-14(11-23)19(24)20-15-7-8-16(27-3)17(10-15)28-4/h7-8,10,12-14,18,21-22H,5-6,9,11H2,1-4H3,(H,20,24). The quantitative estimate of drug-likeness (QED) is 0.621. The van der Waals surface area contributed by atoms with Crippen LogP contribution in [0.3, 0.4) is 0 Å². The minimum atomic E-state index is -3.53. The highest BCUT2D eigenvalue weighted by Gasteiger charge is 2.45. The highest BCUT2D eigenvalue weighted by atomic mass is 32.2. The Hall–Kier alpha value is -1.88. The number of amides is 1. The normalized spacial score (nSPS) is 28.1. The number of benzene rings is 1. The molecule has 2 saturated heterocycles. The van der Waals surface area contributed by atoms with Crippen LogP contribution in [0, 0.1) is 5.92 Å². The third-order valence-electron chi connectivity index (χ3n) is 5.63. The van der Waals surface area contributed by atoms with Crippen LogP contribution in [0.4, 0.5) is 5.69 Å². The Labute approximate surface area is 172 Å². The van der Waals surface area contributed by atoms with Gasteiger partial charge in [0, 0.05) is 36.9 Å². The van der Waals surface area contributed by atoms with Gasteiger partial charge in [-0.15, -0.1) is 0 Å². The summed E-state index contributed by atoms with van der Waals surface area (Å²) in [5.41, 5.74) is 6.57. The first-order chi connectivity index (χ1) is 13.8. The fourth-order valence-corrected chi connectivity index (χ4v) is 6.38. The SMILES string of the molecule is COc1ccc(NC(=O)C2CCCN(S(=O)(=O)C3C(C)NNC3C)C2)cc1OC. The number of anilines is 1. The molecular weight excluding hydrogens is 396 g/mol. The van der Waals surface area contributed by atoms with Gasteiger partial charge < -0.3 is 14.8 Å². The van der Waals surface area contributed by atoms with Crippen LogP contribution in [0.1, 0.15) is 26.7 Å². The maximum atomic E-state index is 13.2. The zero-order valence-electron chi connectivity index (χ0n) is 17.3. The van der Waals surface area contributed by atoms with E-state index in [4.69, 9.17) is 9.47 Å². The summed E-state index contributed by atoms with van der Waals surface area (Å²) < 4.78 is 38.3. The van der Waals surface area contributed by atoms with Crippen molar-refractivity contribution in [2.75, 3.05) is 32.6 Å². The number of hydrogen-bond donors (Lipinski definition) is 3. The Kier molecular flexibility index (Phi) is 6.67. The molecule has 0 aromatic heterocycles. The maximum Gasteiger partial charge on any atom is 0.228 e. The van der Waals surface area contributed by atoms with Crippen LogP contribution in [-0.2, 0) is 14.8 Å². The zero-order valence-corrected chi connectivity index (χ0v) is 18.1.